The molecule has 1 unspecified atom stereocenters. The van der Waals surface area contributed by atoms with Gasteiger partial charge in [0.2, 0.25) is 5.91 Å². The smallest absolute Gasteiger partial charge is 0.306 e. The van der Waals surface area contributed by atoms with E-state index in [0.717, 1.165) is 0 Å². The second-order valence-corrected chi connectivity index (χ2v) is 6.75. The molecule has 1 aliphatic heterocycles. The second-order valence-electron chi connectivity index (χ2n) is 6.75. The third-order valence-corrected chi connectivity index (χ3v) is 5.12. The number of carbonyl (C=O) groups excluding carboxylic acids is 1. The average Bonchev–Trinajstić information content (AvgIpc) is 2.68. The lowest BCUT2D eigenvalue weighted by atomic mass is 10.0. The van der Waals surface area contributed by atoms with Crippen molar-refractivity contribution < 1.29 is 19.4 Å². The SMILES string of the molecule is CC1(C)C(C(=O)N2CCOC(CC(=O)O)C2)C1(C)C. The number of carboxylic acid groups (broad SMARTS) is 1. The van der Waals surface area contributed by atoms with E-state index in [1.54, 1.807) is 4.90 Å². The van der Waals surface area contributed by atoms with E-state index in [1.807, 2.05) is 0 Å². The molecule has 0 bridgehead atoms. The first-order chi connectivity index (χ1) is 8.68. The summed E-state index contributed by atoms with van der Waals surface area (Å²) in [4.78, 5) is 25.0. The molecule has 1 saturated carbocycles. The third kappa shape index (κ3) is 2.36. The van der Waals surface area contributed by atoms with E-state index >= 15 is 0 Å². The Balaban J connectivity index is 1.99. The van der Waals surface area contributed by atoms with E-state index in [9.17, 15) is 9.59 Å². The van der Waals surface area contributed by atoms with Gasteiger partial charge in [0.05, 0.1) is 19.1 Å². The fourth-order valence-corrected chi connectivity index (χ4v) is 3.23. The summed E-state index contributed by atoms with van der Waals surface area (Å²) in [6, 6.07) is 0. The van der Waals surface area contributed by atoms with Gasteiger partial charge in [0, 0.05) is 19.0 Å². The summed E-state index contributed by atoms with van der Waals surface area (Å²) in [6.45, 7) is 9.85. The second kappa shape index (κ2) is 4.47. The van der Waals surface area contributed by atoms with Crippen molar-refractivity contribution >= 4 is 11.9 Å². The standard InChI is InChI=1S/C14H23NO4/c1-13(2)11(14(13,3)4)12(18)15-5-6-19-9(8-15)7-10(16)17/h9,11H,5-8H2,1-4H3,(H,16,17). The van der Waals surface area contributed by atoms with Crippen LogP contribution in [0.5, 0.6) is 0 Å². The molecular formula is C14H23NO4. The molecule has 5 nitrogen and oxygen atoms in total. The largest absolute Gasteiger partial charge is 0.481 e. The normalized spacial score (nSPS) is 29.1. The number of carbonyl (C=O) groups is 2. The van der Waals surface area contributed by atoms with E-state index in [0.29, 0.717) is 19.7 Å². The Morgan fingerprint density at radius 2 is 1.84 bits per heavy atom. The first-order valence-electron chi connectivity index (χ1n) is 6.80. The van der Waals surface area contributed by atoms with E-state index in [2.05, 4.69) is 27.7 Å². The molecule has 1 atom stereocenters. The molecule has 2 fully saturated rings. The highest BCUT2D eigenvalue weighted by atomic mass is 16.5. The summed E-state index contributed by atoms with van der Waals surface area (Å²) < 4.78 is 5.40. The fourth-order valence-electron chi connectivity index (χ4n) is 3.23. The summed E-state index contributed by atoms with van der Waals surface area (Å²) in [5.74, 6) is -0.705. The number of hydrogen-bond acceptors (Lipinski definition) is 3. The number of carboxylic acids is 1. The van der Waals surface area contributed by atoms with Crippen LogP contribution in [-0.4, -0.2) is 47.7 Å². The van der Waals surface area contributed by atoms with Gasteiger partial charge in [-0.05, 0) is 10.8 Å². The first-order valence-corrected chi connectivity index (χ1v) is 6.80. The van der Waals surface area contributed by atoms with Crippen LogP contribution in [0, 0.1) is 16.7 Å². The molecular weight excluding hydrogens is 246 g/mol. The van der Waals surface area contributed by atoms with Crippen LogP contribution >= 0.6 is 0 Å². The van der Waals surface area contributed by atoms with Crippen LogP contribution in [0.2, 0.25) is 0 Å². The van der Waals surface area contributed by atoms with Crippen molar-refractivity contribution in [3.8, 4) is 0 Å². The lowest BCUT2D eigenvalue weighted by Crippen LogP contribution is -2.47. The summed E-state index contributed by atoms with van der Waals surface area (Å²) >= 11 is 0. The number of nitrogens with zero attached hydrogens (tertiary/aromatic N) is 1. The Hall–Kier alpha value is -1.10. The van der Waals surface area contributed by atoms with E-state index in [4.69, 9.17) is 9.84 Å². The topological polar surface area (TPSA) is 66.8 Å². The van der Waals surface area contributed by atoms with Gasteiger partial charge in [-0.2, -0.15) is 0 Å². The molecule has 2 aliphatic rings. The van der Waals surface area contributed by atoms with E-state index < -0.39 is 5.97 Å². The van der Waals surface area contributed by atoms with Crippen LogP contribution in [0.3, 0.4) is 0 Å². The molecule has 1 N–H and O–H groups in total. The highest BCUT2D eigenvalue weighted by Crippen LogP contribution is 2.68. The van der Waals surface area contributed by atoms with Crippen LogP contribution in [0.1, 0.15) is 34.1 Å². The van der Waals surface area contributed by atoms with Crippen molar-refractivity contribution in [2.45, 2.75) is 40.2 Å². The van der Waals surface area contributed by atoms with Crippen LogP contribution in [-0.2, 0) is 14.3 Å². The zero-order valence-electron chi connectivity index (χ0n) is 12.1. The quantitative estimate of drug-likeness (QED) is 0.840. The number of ether oxygens (including phenoxy) is 1. The molecule has 1 amide bonds. The fraction of sp³-hybridized carbons (Fsp3) is 0.857. The minimum absolute atomic E-state index is 0.0185. The van der Waals surface area contributed by atoms with E-state index in [1.165, 1.54) is 0 Å². The highest BCUT2D eigenvalue weighted by Gasteiger charge is 2.68. The molecule has 19 heavy (non-hydrogen) atoms. The summed E-state index contributed by atoms with van der Waals surface area (Å²) in [5, 5.41) is 8.79. The zero-order chi connectivity index (χ0) is 14.4. The van der Waals surface area contributed by atoms with Gasteiger partial charge in [-0.15, -0.1) is 0 Å². The van der Waals surface area contributed by atoms with Crippen molar-refractivity contribution in [3.63, 3.8) is 0 Å². The van der Waals surface area contributed by atoms with Gasteiger partial charge in [0.15, 0.2) is 0 Å². The van der Waals surface area contributed by atoms with Crippen LogP contribution < -0.4 is 0 Å². The van der Waals surface area contributed by atoms with Crippen molar-refractivity contribution in [1.29, 1.82) is 0 Å². The average molecular weight is 269 g/mol. The maximum Gasteiger partial charge on any atom is 0.306 e. The number of morpholine rings is 1. The Kier molecular flexibility index (Phi) is 3.37. The molecule has 1 saturated heterocycles. The van der Waals surface area contributed by atoms with Crippen LogP contribution in [0.25, 0.3) is 0 Å². The number of rotatable bonds is 3. The van der Waals surface area contributed by atoms with Crippen LogP contribution in [0.4, 0.5) is 0 Å². The van der Waals surface area contributed by atoms with Gasteiger partial charge in [-0.1, -0.05) is 27.7 Å². The van der Waals surface area contributed by atoms with Crippen molar-refractivity contribution in [1.82, 2.24) is 4.90 Å². The van der Waals surface area contributed by atoms with Gasteiger partial charge < -0.3 is 14.7 Å². The molecule has 1 heterocycles. The summed E-state index contributed by atoms with van der Waals surface area (Å²) in [5.41, 5.74) is 0.0371. The predicted octanol–water partition coefficient (Wildman–Crippen LogP) is 1.37. The molecule has 5 heteroatoms. The van der Waals surface area contributed by atoms with Gasteiger partial charge in [0.1, 0.15) is 0 Å². The van der Waals surface area contributed by atoms with Gasteiger partial charge in [-0.3, -0.25) is 9.59 Å². The molecule has 108 valence electrons. The lowest BCUT2D eigenvalue weighted by molar-refractivity contribution is -0.149. The highest BCUT2D eigenvalue weighted by molar-refractivity contribution is 5.84. The Morgan fingerprint density at radius 1 is 1.26 bits per heavy atom. The Labute approximate surface area is 113 Å². The lowest BCUT2D eigenvalue weighted by Gasteiger charge is -2.33. The maximum absolute atomic E-state index is 12.5. The monoisotopic (exact) mass is 269 g/mol. The minimum Gasteiger partial charge on any atom is -0.481 e. The number of aliphatic carboxylic acids is 1. The minimum atomic E-state index is -0.883. The van der Waals surface area contributed by atoms with Gasteiger partial charge >= 0.3 is 5.97 Å². The molecule has 0 aromatic heterocycles. The number of hydrogen-bond donors (Lipinski definition) is 1. The molecule has 0 spiro atoms. The predicted molar refractivity (Wildman–Crippen MR) is 69.6 cm³/mol. The van der Waals surface area contributed by atoms with Crippen molar-refractivity contribution in [2.75, 3.05) is 19.7 Å². The van der Waals surface area contributed by atoms with Crippen LogP contribution in [0.15, 0.2) is 0 Å². The Bertz CT molecular complexity index is 388. The first kappa shape index (κ1) is 14.3. The maximum atomic E-state index is 12.5. The van der Waals surface area contributed by atoms with E-state index in [-0.39, 0.29) is 35.2 Å². The van der Waals surface area contributed by atoms with Gasteiger partial charge in [-0.25, -0.2) is 0 Å². The number of amides is 1. The van der Waals surface area contributed by atoms with Crippen molar-refractivity contribution in [2.24, 2.45) is 16.7 Å². The Morgan fingerprint density at radius 3 is 2.32 bits per heavy atom. The molecule has 0 radical (unpaired) electrons. The molecule has 2 rings (SSSR count). The molecule has 1 aliphatic carbocycles. The third-order valence-electron chi connectivity index (χ3n) is 5.12. The zero-order valence-corrected chi connectivity index (χ0v) is 12.1. The van der Waals surface area contributed by atoms with Gasteiger partial charge in [0.25, 0.3) is 0 Å². The summed E-state index contributed by atoms with van der Waals surface area (Å²) in [7, 11) is 0. The summed E-state index contributed by atoms with van der Waals surface area (Å²) in [6.07, 6.45) is -0.415. The molecule has 0 aromatic carbocycles. The molecule has 0 aromatic rings. The van der Waals surface area contributed by atoms with Crippen molar-refractivity contribution in [3.05, 3.63) is 0 Å².